The normalized spacial score (nSPS) is 25.6. The van der Waals surface area contributed by atoms with Crippen LogP contribution in [0.5, 0.6) is 0 Å². The third-order valence-electron chi connectivity index (χ3n) is 7.48. The molecule has 3 aliphatic rings. The van der Waals surface area contributed by atoms with E-state index in [1.165, 1.54) is 23.1 Å². The summed E-state index contributed by atoms with van der Waals surface area (Å²) < 4.78 is 89.9. The van der Waals surface area contributed by atoms with Crippen LogP contribution in [0.25, 0.3) is 11.1 Å². The summed E-state index contributed by atoms with van der Waals surface area (Å²) in [4.78, 5) is 14.7. The number of hydrogen-bond donors (Lipinski definition) is 1. The van der Waals surface area contributed by atoms with Crippen LogP contribution < -0.4 is 4.72 Å². The van der Waals surface area contributed by atoms with Crippen molar-refractivity contribution >= 4 is 15.9 Å². The molecule has 11 heteroatoms. The summed E-state index contributed by atoms with van der Waals surface area (Å²) in [5.74, 6) is -2.75. The van der Waals surface area contributed by atoms with Crippen LogP contribution in [0.4, 0.5) is 17.6 Å². The average molecular weight is 527 g/mol. The van der Waals surface area contributed by atoms with Gasteiger partial charge in [-0.2, -0.15) is 0 Å². The van der Waals surface area contributed by atoms with Crippen LogP contribution in [0.2, 0.25) is 0 Å². The highest BCUT2D eigenvalue weighted by atomic mass is 32.2. The monoisotopic (exact) mass is 526 g/mol. The number of sulfonamides is 1. The maximum Gasteiger partial charge on any atom is 0.252 e. The number of benzene rings is 2. The Morgan fingerprint density at radius 3 is 2.42 bits per heavy atom. The van der Waals surface area contributed by atoms with Gasteiger partial charge >= 0.3 is 0 Å². The molecule has 4 atom stereocenters. The first-order valence-corrected chi connectivity index (χ1v) is 13.4. The smallest absolute Gasteiger partial charge is 0.252 e. The summed E-state index contributed by atoms with van der Waals surface area (Å²) in [5.41, 5.74) is -2.61. The number of alkyl halides is 1. The molecular formula is C25H26F4N2O4S. The van der Waals surface area contributed by atoms with E-state index in [1.54, 1.807) is 0 Å². The molecule has 1 spiro atoms. The second kappa shape index (κ2) is 9.11. The number of hydrogen-bond acceptors (Lipinski definition) is 4. The van der Waals surface area contributed by atoms with E-state index >= 15 is 4.39 Å². The van der Waals surface area contributed by atoms with Gasteiger partial charge in [-0.05, 0) is 49.4 Å². The molecule has 2 heterocycles. The van der Waals surface area contributed by atoms with E-state index in [2.05, 4.69) is 4.72 Å². The van der Waals surface area contributed by atoms with Crippen LogP contribution in [0, 0.1) is 22.9 Å². The zero-order valence-electron chi connectivity index (χ0n) is 19.5. The lowest BCUT2D eigenvalue weighted by molar-refractivity contribution is -0.157. The van der Waals surface area contributed by atoms with Crippen molar-refractivity contribution in [2.75, 3.05) is 13.2 Å². The van der Waals surface area contributed by atoms with Gasteiger partial charge in [0.2, 0.25) is 15.5 Å². The number of rotatable bonds is 7. The first kappa shape index (κ1) is 25.2. The van der Waals surface area contributed by atoms with Gasteiger partial charge in [0.15, 0.2) is 0 Å². The van der Waals surface area contributed by atoms with E-state index in [-0.39, 0.29) is 35.6 Å². The lowest BCUT2D eigenvalue weighted by atomic mass is 9.91. The van der Waals surface area contributed by atoms with Crippen LogP contribution in [-0.2, 0) is 26.0 Å². The highest BCUT2D eigenvalue weighted by Gasteiger charge is 2.62. The van der Waals surface area contributed by atoms with E-state index in [9.17, 15) is 26.4 Å². The Labute approximate surface area is 206 Å². The molecule has 194 valence electrons. The molecule has 1 N–H and O–H groups in total. The second-order valence-corrected chi connectivity index (χ2v) is 11.8. The summed E-state index contributed by atoms with van der Waals surface area (Å²) in [6.45, 7) is 1.61. The zero-order chi connectivity index (χ0) is 25.8. The molecule has 2 aliphatic heterocycles. The Bertz CT molecular complexity index is 1270. The third kappa shape index (κ3) is 4.52. The van der Waals surface area contributed by atoms with E-state index in [4.69, 9.17) is 4.74 Å². The minimum absolute atomic E-state index is 0.0104. The number of carbonyl (C=O) groups is 1. The summed E-state index contributed by atoms with van der Waals surface area (Å²) in [7, 11) is -4.33. The molecule has 6 nitrogen and oxygen atoms in total. The van der Waals surface area contributed by atoms with E-state index in [1.807, 2.05) is 0 Å². The molecule has 1 unspecified atom stereocenters. The minimum atomic E-state index is -4.33. The number of amides is 1. The zero-order valence-corrected chi connectivity index (χ0v) is 20.3. The minimum Gasteiger partial charge on any atom is -0.368 e. The molecule has 5 rings (SSSR count). The molecule has 1 aliphatic carbocycles. The molecule has 2 aromatic carbocycles. The van der Waals surface area contributed by atoms with Crippen molar-refractivity contribution in [3.05, 3.63) is 59.4 Å². The van der Waals surface area contributed by atoms with Gasteiger partial charge in [-0.3, -0.25) is 4.79 Å². The Hall–Kier alpha value is -2.50. The number of halogens is 4. The molecule has 0 bridgehead atoms. The summed E-state index contributed by atoms with van der Waals surface area (Å²) >= 11 is 0. The van der Waals surface area contributed by atoms with Crippen LogP contribution >= 0.6 is 0 Å². The van der Waals surface area contributed by atoms with Gasteiger partial charge in [0.25, 0.3) is 5.91 Å². The van der Waals surface area contributed by atoms with Gasteiger partial charge in [0.05, 0.1) is 12.6 Å². The number of ether oxygens (including phenoxy) is 1. The number of likely N-dealkylation sites (tertiary alicyclic amines) is 1. The second-order valence-electron chi connectivity index (χ2n) is 9.87. The van der Waals surface area contributed by atoms with Crippen LogP contribution in [0.1, 0.15) is 31.7 Å². The van der Waals surface area contributed by atoms with E-state index in [0.717, 1.165) is 19.1 Å². The van der Waals surface area contributed by atoms with Crippen LogP contribution in [0.15, 0.2) is 36.4 Å². The first-order valence-electron chi connectivity index (χ1n) is 11.8. The van der Waals surface area contributed by atoms with Crippen molar-refractivity contribution in [1.82, 2.24) is 9.62 Å². The highest BCUT2D eigenvalue weighted by molar-refractivity contribution is 7.89. The fraction of sp³-hybridized carbons (Fsp3) is 0.480. The molecule has 1 saturated carbocycles. The maximum absolute atomic E-state index is 15.7. The average Bonchev–Trinajstić information content (AvgIpc) is 3.48. The summed E-state index contributed by atoms with van der Waals surface area (Å²) in [5, 5.41) is 0. The van der Waals surface area contributed by atoms with E-state index < -0.39 is 56.6 Å². The lowest BCUT2D eigenvalue weighted by Crippen LogP contribution is -2.53. The van der Waals surface area contributed by atoms with Gasteiger partial charge in [-0.25, -0.2) is 30.7 Å². The number of nitrogens with zero attached hydrogens (tertiary/aromatic N) is 1. The fourth-order valence-electron chi connectivity index (χ4n) is 5.23. The lowest BCUT2D eigenvalue weighted by Gasteiger charge is -2.34. The molecule has 36 heavy (non-hydrogen) atoms. The predicted molar refractivity (Wildman–Crippen MR) is 123 cm³/mol. The highest BCUT2D eigenvalue weighted by Crippen LogP contribution is 2.56. The van der Waals surface area contributed by atoms with Crippen molar-refractivity contribution in [2.45, 2.75) is 56.3 Å². The van der Waals surface area contributed by atoms with Crippen LogP contribution in [-0.4, -0.2) is 56.1 Å². The fourth-order valence-corrected chi connectivity index (χ4v) is 6.18. The molecule has 1 amide bonds. The standard InChI is InChI=1S/C25H26F4N2O4S/c1-14(26)36(33,34)30-23-20(31(13-25(23)6-7-25)24(32)21-5-8-35-21)11-15-3-2-4-19(22(15)29)16-9-17(27)12-18(28)10-16/h2-4,9-10,12,14,20-21,23,30H,5-8,11,13H2,1H3/t14-,20+,21?,23-/m1/s1. The maximum atomic E-state index is 15.7. The third-order valence-corrected chi connectivity index (χ3v) is 8.92. The Morgan fingerprint density at radius 2 is 1.86 bits per heavy atom. The van der Waals surface area contributed by atoms with Crippen molar-refractivity contribution in [3.63, 3.8) is 0 Å². The van der Waals surface area contributed by atoms with E-state index in [0.29, 0.717) is 31.9 Å². The topological polar surface area (TPSA) is 75.7 Å². The molecule has 0 aromatic heterocycles. The Kier molecular flexibility index (Phi) is 6.37. The summed E-state index contributed by atoms with van der Waals surface area (Å²) in [6.07, 6.45) is 1.08. The quantitative estimate of drug-likeness (QED) is 0.559. The van der Waals surface area contributed by atoms with Gasteiger partial charge in [-0.1, -0.05) is 18.2 Å². The van der Waals surface area contributed by atoms with Gasteiger partial charge in [0.1, 0.15) is 23.6 Å². The van der Waals surface area contributed by atoms with Crippen molar-refractivity contribution in [1.29, 1.82) is 0 Å². The summed E-state index contributed by atoms with van der Waals surface area (Å²) in [6, 6.07) is 5.51. The van der Waals surface area contributed by atoms with Gasteiger partial charge < -0.3 is 9.64 Å². The van der Waals surface area contributed by atoms with Gasteiger partial charge in [-0.15, -0.1) is 0 Å². The first-order chi connectivity index (χ1) is 17.0. The number of carbonyl (C=O) groups excluding carboxylic acids is 1. The molecule has 3 fully saturated rings. The molecule has 0 radical (unpaired) electrons. The number of nitrogens with one attached hydrogen (secondary N) is 1. The molecular weight excluding hydrogens is 500 g/mol. The SMILES string of the molecule is C[C@H](F)S(=O)(=O)N[C@@H]1[C@H](Cc2cccc(-c3cc(F)cc(F)c3)c2F)N(C(=O)C2CCO2)CC12CC2. The Morgan fingerprint density at radius 1 is 1.19 bits per heavy atom. The largest absolute Gasteiger partial charge is 0.368 e. The molecule has 2 aromatic rings. The van der Waals surface area contributed by atoms with Gasteiger partial charge in [0, 0.05) is 36.1 Å². The Balaban J connectivity index is 1.52. The van der Waals surface area contributed by atoms with Crippen LogP contribution in [0.3, 0.4) is 0 Å². The van der Waals surface area contributed by atoms with Crippen molar-refractivity contribution in [2.24, 2.45) is 5.41 Å². The predicted octanol–water partition coefficient (Wildman–Crippen LogP) is 3.70. The molecule has 2 saturated heterocycles. The van der Waals surface area contributed by atoms with Crippen molar-refractivity contribution < 1.29 is 35.5 Å². The van der Waals surface area contributed by atoms with Crippen molar-refractivity contribution in [3.8, 4) is 11.1 Å².